The second-order valence-electron chi connectivity index (χ2n) is 22.6. The molecule has 16 aromatic rings. The molecular formula is C79H56N6. The number of allylic oxidation sites excluding steroid dienone is 3. The summed E-state index contributed by atoms with van der Waals surface area (Å²) in [6, 6.07) is 107. The van der Waals surface area contributed by atoms with Gasteiger partial charge in [-0.05, 0) is 146 Å². The van der Waals surface area contributed by atoms with Crippen molar-refractivity contribution in [2.75, 3.05) is 9.80 Å². The van der Waals surface area contributed by atoms with E-state index in [0.717, 1.165) is 51.2 Å². The van der Waals surface area contributed by atoms with Crippen LogP contribution in [0.5, 0.6) is 0 Å². The minimum absolute atomic E-state index is 0.103. The van der Waals surface area contributed by atoms with E-state index in [-0.39, 0.29) is 12.0 Å². The molecule has 1 aliphatic rings. The minimum atomic E-state index is 0.103. The van der Waals surface area contributed by atoms with Crippen LogP contribution in [0.3, 0.4) is 0 Å². The summed E-state index contributed by atoms with van der Waals surface area (Å²) in [6.07, 6.45) is 7.24. The first-order valence-corrected chi connectivity index (χ1v) is 29.5. The zero-order chi connectivity index (χ0) is 56.1. The second kappa shape index (κ2) is 19.5. The summed E-state index contributed by atoms with van der Waals surface area (Å²) in [5.74, 6) is 0.152. The lowest BCUT2D eigenvalue weighted by atomic mass is 9.94. The maximum absolute atomic E-state index is 2.54. The SMILES string of the molecule is CC1C=C(N(c2ccc(-n3c4ccccc4c4ccccc43)cc2)c2cccc(N(c3ccc(-n4c5ccccc5c5ccccc54)cc3)c3ccc(-n4c5ccccc5c5ccccc54)cc3)c2)C=CC1n1c2ccccc2c2ccccc21. The average molecular weight is 1090 g/mol. The van der Waals surface area contributed by atoms with E-state index in [1.807, 2.05) is 0 Å². The summed E-state index contributed by atoms with van der Waals surface area (Å²) >= 11 is 0. The molecule has 0 spiro atoms. The third kappa shape index (κ3) is 7.72. The highest BCUT2D eigenvalue weighted by molar-refractivity contribution is 6.12. The van der Waals surface area contributed by atoms with Crippen molar-refractivity contribution in [3.8, 4) is 17.1 Å². The Labute approximate surface area is 492 Å². The predicted molar refractivity (Wildman–Crippen MR) is 358 cm³/mol. The van der Waals surface area contributed by atoms with Gasteiger partial charge in [-0.3, -0.25) is 0 Å². The highest BCUT2D eigenvalue weighted by Crippen LogP contribution is 2.45. The Morgan fingerprint density at radius 2 is 0.553 bits per heavy atom. The zero-order valence-corrected chi connectivity index (χ0v) is 46.8. The molecule has 0 aliphatic heterocycles. The van der Waals surface area contributed by atoms with E-state index in [9.17, 15) is 0 Å². The summed E-state index contributed by atoms with van der Waals surface area (Å²) in [6.45, 7) is 2.37. The van der Waals surface area contributed by atoms with Crippen molar-refractivity contribution in [3.05, 3.63) is 315 Å². The Hall–Kier alpha value is -11.1. The van der Waals surface area contributed by atoms with Crippen LogP contribution in [0.2, 0.25) is 0 Å². The van der Waals surface area contributed by atoms with Crippen LogP contribution in [0.1, 0.15) is 13.0 Å². The minimum Gasteiger partial charge on any atom is -0.333 e. The summed E-state index contributed by atoms with van der Waals surface area (Å²) in [5.41, 5.74) is 19.3. The van der Waals surface area contributed by atoms with Crippen LogP contribution in [-0.4, -0.2) is 18.3 Å². The predicted octanol–water partition coefficient (Wildman–Crippen LogP) is 21.0. The summed E-state index contributed by atoms with van der Waals surface area (Å²) in [5, 5.41) is 10.0. The number of rotatable bonds is 10. The van der Waals surface area contributed by atoms with E-state index in [4.69, 9.17) is 0 Å². The lowest BCUT2D eigenvalue weighted by molar-refractivity contribution is 0.506. The molecule has 6 nitrogen and oxygen atoms in total. The van der Waals surface area contributed by atoms with Gasteiger partial charge in [-0.15, -0.1) is 0 Å². The lowest BCUT2D eigenvalue weighted by Crippen LogP contribution is -2.23. The van der Waals surface area contributed by atoms with Crippen LogP contribution in [0.4, 0.5) is 28.4 Å². The quantitative estimate of drug-likeness (QED) is 0.136. The Morgan fingerprint density at radius 3 is 0.882 bits per heavy atom. The van der Waals surface area contributed by atoms with Gasteiger partial charge in [-0.1, -0.05) is 171 Å². The molecule has 6 heteroatoms. The van der Waals surface area contributed by atoms with Gasteiger partial charge in [0.1, 0.15) is 0 Å². The maximum Gasteiger partial charge on any atom is 0.0587 e. The van der Waals surface area contributed by atoms with E-state index >= 15 is 0 Å². The van der Waals surface area contributed by atoms with Gasteiger partial charge in [0, 0.05) is 111 Å². The molecule has 0 N–H and O–H groups in total. The van der Waals surface area contributed by atoms with Crippen LogP contribution in [0.15, 0.2) is 315 Å². The molecule has 0 amide bonds. The fourth-order valence-corrected chi connectivity index (χ4v) is 14.1. The van der Waals surface area contributed by atoms with Crippen LogP contribution >= 0.6 is 0 Å². The molecule has 0 bridgehead atoms. The molecule has 0 saturated heterocycles. The highest BCUT2D eigenvalue weighted by Gasteiger charge is 2.27. The summed E-state index contributed by atoms with van der Waals surface area (Å²) in [4.78, 5) is 4.85. The lowest BCUT2D eigenvalue weighted by Gasteiger charge is -2.33. The van der Waals surface area contributed by atoms with Crippen molar-refractivity contribution in [2.45, 2.75) is 13.0 Å². The molecule has 12 aromatic carbocycles. The van der Waals surface area contributed by atoms with Crippen molar-refractivity contribution in [3.63, 3.8) is 0 Å². The van der Waals surface area contributed by atoms with Gasteiger partial charge < -0.3 is 28.1 Å². The number of hydrogen-bond donors (Lipinski definition) is 0. The topological polar surface area (TPSA) is 26.2 Å². The number of para-hydroxylation sites is 8. The largest absolute Gasteiger partial charge is 0.333 e. The highest BCUT2D eigenvalue weighted by atomic mass is 15.2. The van der Waals surface area contributed by atoms with Gasteiger partial charge in [-0.25, -0.2) is 0 Å². The smallest absolute Gasteiger partial charge is 0.0587 e. The van der Waals surface area contributed by atoms with Crippen molar-refractivity contribution in [2.24, 2.45) is 5.92 Å². The number of nitrogens with zero attached hydrogens (tertiary/aromatic N) is 6. The fourth-order valence-electron chi connectivity index (χ4n) is 14.1. The number of aromatic nitrogens is 4. The number of fused-ring (bicyclic) bond motifs is 12. The van der Waals surface area contributed by atoms with Crippen molar-refractivity contribution in [1.82, 2.24) is 18.3 Å². The number of benzene rings is 12. The molecule has 402 valence electrons. The maximum atomic E-state index is 2.54. The first-order valence-electron chi connectivity index (χ1n) is 29.5. The van der Waals surface area contributed by atoms with E-state index in [2.05, 4.69) is 344 Å². The number of hydrogen-bond acceptors (Lipinski definition) is 2. The fraction of sp³-hybridized carbons (Fsp3) is 0.0380. The Morgan fingerprint density at radius 1 is 0.271 bits per heavy atom. The molecule has 1 aliphatic carbocycles. The summed E-state index contributed by atoms with van der Waals surface area (Å²) in [7, 11) is 0. The Bertz CT molecular complexity index is 4970. The van der Waals surface area contributed by atoms with Crippen LogP contribution in [-0.2, 0) is 0 Å². The third-order valence-electron chi connectivity index (χ3n) is 17.8. The Kier molecular flexibility index (Phi) is 11.2. The summed E-state index contributed by atoms with van der Waals surface area (Å²) < 4.78 is 9.72. The van der Waals surface area contributed by atoms with Crippen LogP contribution in [0, 0.1) is 5.92 Å². The van der Waals surface area contributed by atoms with Crippen molar-refractivity contribution >= 4 is 116 Å². The molecule has 0 radical (unpaired) electrons. The zero-order valence-electron chi connectivity index (χ0n) is 46.8. The molecule has 4 aromatic heterocycles. The first kappa shape index (κ1) is 48.6. The van der Waals surface area contributed by atoms with Crippen LogP contribution < -0.4 is 9.80 Å². The molecule has 2 unspecified atom stereocenters. The molecule has 0 saturated carbocycles. The van der Waals surface area contributed by atoms with E-state index in [1.54, 1.807) is 0 Å². The first-order chi connectivity index (χ1) is 42.1. The van der Waals surface area contributed by atoms with Crippen molar-refractivity contribution in [1.29, 1.82) is 0 Å². The van der Waals surface area contributed by atoms with Gasteiger partial charge in [0.15, 0.2) is 0 Å². The monoisotopic (exact) mass is 1090 g/mol. The molecular weight excluding hydrogens is 1030 g/mol. The average Bonchev–Trinajstić information content (AvgIpc) is 2.71. The number of anilines is 5. The van der Waals surface area contributed by atoms with E-state index in [1.165, 1.54) is 87.2 Å². The second-order valence-corrected chi connectivity index (χ2v) is 22.6. The van der Waals surface area contributed by atoms with Crippen molar-refractivity contribution < 1.29 is 0 Å². The standard InChI is InChI=1S/C79H56N6/c1-53-51-62(49-50-71(53)85-78-35-16-8-27-69(78)70-28-9-17-36-79(70)85)81(56-41-47-59(48-42-56)84-76-33-14-6-25-67(76)68-26-7-15-34-77(68)84)61-20-18-19-60(52-61)80(54-37-43-57(44-38-54)82-72-29-10-2-21-63(72)64-22-3-11-30-73(64)82)55-39-45-58(46-40-55)83-74-31-12-4-23-65(74)66-24-5-13-32-75(66)83/h2-53,71H,1H3. The normalized spacial score (nSPS) is 14.4. The van der Waals surface area contributed by atoms with Crippen LogP contribution in [0.25, 0.3) is 104 Å². The molecule has 85 heavy (non-hydrogen) atoms. The molecule has 2 atom stereocenters. The molecule has 4 heterocycles. The van der Waals surface area contributed by atoms with E-state index in [0.29, 0.717) is 0 Å². The Balaban J connectivity index is 0.817. The van der Waals surface area contributed by atoms with Gasteiger partial charge in [-0.2, -0.15) is 0 Å². The van der Waals surface area contributed by atoms with Gasteiger partial charge in [0.2, 0.25) is 0 Å². The van der Waals surface area contributed by atoms with Gasteiger partial charge in [0.25, 0.3) is 0 Å². The van der Waals surface area contributed by atoms with E-state index < -0.39 is 0 Å². The van der Waals surface area contributed by atoms with Gasteiger partial charge >= 0.3 is 0 Å². The molecule has 0 fully saturated rings. The van der Waals surface area contributed by atoms with Gasteiger partial charge in [0.05, 0.1) is 39.1 Å². The molecule has 17 rings (SSSR count). The third-order valence-corrected chi connectivity index (χ3v) is 17.8.